The molecule has 0 aliphatic carbocycles. The Labute approximate surface area is 88.4 Å². The van der Waals surface area contributed by atoms with E-state index < -0.39 is 5.82 Å². The summed E-state index contributed by atoms with van der Waals surface area (Å²) in [7, 11) is 0. The average molecular weight is 214 g/mol. The molecule has 0 fully saturated rings. The maximum atomic E-state index is 13.3. The summed E-state index contributed by atoms with van der Waals surface area (Å²) in [6.07, 6.45) is 0. The Bertz CT molecular complexity index is 302. The number of ether oxygens (including phenoxy) is 2. The first-order chi connectivity index (χ1) is 7.29. The van der Waals surface area contributed by atoms with Gasteiger partial charge in [0.05, 0.1) is 13.2 Å². The van der Waals surface area contributed by atoms with Crippen LogP contribution in [0.15, 0.2) is 18.2 Å². The van der Waals surface area contributed by atoms with Crippen molar-refractivity contribution in [2.45, 2.75) is 13.5 Å². The second kappa shape index (κ2) is 6.37. The largest absolute Gasteiger partial charge is 0.488 e. The first-order valence-electron chi connectivity index (χ1n) is 4.88. The molecule has 1 aromatic carbocycles. The first-order valence-corrected chi connectivity index (χ1v) is 4.88. The van der Waals surface area contributed by atoms with Crippen molar-refractivity contribution in [1.29, 1.82) is 0 Å². The molecular formula is C11H15FO3. The Hall–Kier alpha value is -1.13. The summed E-state index contributed by atoms with van der Waals surface area (Å²) in [6.45, 7) is 2.94. The van der Waals surface area contributed by atoms with Crippen LogP contribution < -0.4 is 4.74 Å². The lowest BCUT2D eigenvalue weighted by molar-refractivity contribution is 0.107. The molecule has 1 rings (SSSR count). The van der Waals surface area contributed by atoms with E-state index in [1.54, 1.807) is 6.07 Å². The number of para-hydroxylation sites is 1. The van der Waals surface area contributed by atoms with Gasteiger partial charge in [0, 0.05) is 12.2 Å². The quantitative estimate of drug-likeness (QED) is 0.733. The van der Waals surface area contributed by atoms with Gasteiger partial charge in [0.1, 0.15) is 6.61 Å². The summed E-state index contributed by atoms with van der Waals surface area (Å²) < 4.78 is 23.5. The molecule has 4 heteroatoms. The number of rotatable bonds is 6. The molecule has 0 radical (unpaired) electrons. The SMILES string of the molecule is CCOCCOc1c(F)cccc1CO. The highest BCUT2D eigenvalue weighted by Crippen LogP contribution is 2.22. The van der Waals surface area contributed by atoms with E-state index >= 15 is 0 Å². The maximum absolute atomic E-state index is 13.3. The van der Waals surface area contributed by atoms with Gasteiger partial charge in [-0.3, -0.25) is 0 Å². The molecule has 0 saturated heterocycles. The lowest BCUT2D eigenvalue weighted by atomic mass is 10.2. The fraction of sp³-hybridized carbons (Fsp3) is 0.455. The van der Waals surface area contributed by atoms with E-state index in [1.165, 1.54) is 12.1 Å². The van der Waals surface area contributed by atoms with E-state index in [9.17, 15) is 4.39 Å². The van der Waals surface area contributed by atoms with Crippen molar-refractivity contribution in [3.8, 4) is 5.75 Å². The first kappa shape index (κ1) is 11.9. The normalized spacial score (nSPS) is 10.3. The van der Waals surface area contributed by atoms with E-state index in [2.05, 4.69) is 0 Å². The molecule has 1 N–H and O–H groups in total. The predicted molar refractivity (Wildman–Crippen MR) is 54.3 cm³/mol. The summed E-state index contributed by atoms with van der Waals surface area (Å²) in [5.41, 5.74) is 0.450. The monoisotopic (exact) mass is 214 g/mol. The Morgan fingerprint density at radius 1 is 1.33 bits per heavy atom. The van der Waals surface area contributed by atoms with Gasteiger partial charge in [0.25, 0.3) is 0 Å². The van der Waals surface area contributed by atoms with Crippen molar-refractivity contribution in [2.75, 3.05) is 19.8 Å². The van der Waals surface area contributed by atoms with Crippen LogP contribution in [0.25, 0.3) is 0 Å². The summed E-state index contributed by atoms with van der Waals surface area (Å²) in [6, 6.07) is 4.46. The molecule has 84 valence electrons. The Morgan fingerprint density at radius 2 is 2.13 bits per heavy atom. The van der Waals surface area contributed by atoms with Crippen LogP contribution in [0.4, 0.5) is 4.39 Å². The van der Waals surface area contributed by atoms with E-state index in [4.69, 9.17) is 14.6 Å². The van der Waals surface area contributed by atoms with Crippen molar-refractivity contribution in [2.24, 2.45) is 0 Å². The smallest absolute Gasteiger partial charge is 0.165 e. The van der Waals surface area contributed by atoms with Gasteiger partial charge in [-0.05, 0) is 13.0 Å². The molecule has 0 aliphatic heterocycles. The Morgan fingerprint density at radius 3 is 2.80 bits per heavy atom. The predicted octanol–water partition coefficient (Wildman–Crippen LogP) is 1.73. The van der Waals surface area contributed by atoms with Crippen molar-refractivity contribution in [3.05, 3.63) is 29.6 Å². The Balaban J connectivity index is 2.58. The zero-order chi connectivity index (χ0) is 11.1. The summed E-state index contributed by atoms with van der Waals surface area (Å²) in [5.74, 6) is -0.349. The van der Waals surface area contributed by atoms with Crippen molar-refractivity contribution in [1.82, 2.24) is 0 Å². The fourth-order valence-electron chi connectivity index (χ4n) is 1.19. The average Bonchev–Trinajstić information content (AvgIpc) is 2.26. The molecule has 15 heavy (non-hydrogen) atoms. The highest BCUT2D eigenvalue weighted by molar-refractivity contribution is 5.34. The molecular weight excluding hydrogens is 199 g/mol. The lowest BCUT2D eigenvalue weighted by Crippen LogP contribution is -2.08. The molecule has 0 heterocycles. The van der Waals surface area contributed by atoms with Gasteiger partial charge in [0.15, 0.2) is 11.6 Å². The molecule has 3 nitrogen and oxygen atoms in total. The third kappa shape index (κ3) is 3.49. The Kier molecular flexibility index (Phi) is 5.07. The van der Waals surface area contributed by atoms with Gasteiger partial charge in [-0.2, -0.15) is 0 Å². The molecule has 0 saturated carbocycles. The number of benzene rings is 1. The minimum Gasteiger partial charge on any atom is -0.488 e. The molecule has 0 spiro atoms. The topological polar surface area (TPSA) is 38.7 Å². The van der Waals surface area contributed by atoms with Crippen LogP contribution in [-0.2, 0) is 11.3 Å². The molecule has 0 unspecified atom stereocenters. The van der Waals surface area contributed by atoms with Crippen molar-refractivity contribution >= 4 is 0 Å². The number of aliphatic hydroxyl groups excluding tert-OH is 1. The number of hydrogen-bond donors (Lipinski definition) is 1. The van der Waals surface area contributed by atoms with Crippen LogP contribution in [0.1, 0.15) is 12.5 Å². The zero-order valence-corrected chi connectivity index (χ0v) is 8.70. The molecule has 0 amide bonds. The summed E-state index contributed by atoms with van der Waals surface area (Å²) >= 11 is 0. The number of hydrogen-bond acceptors (Lipinski definition) is 3. The molecule has 1 aromatic rings. The second-order valence-corrected chi connectivity index (χ2v) is 2.93. The van der Waals surface area contributed by atoms with E-state index in [0.29, 0.717) is 18.8 Å². The number of aliphatic hydroxyl groups is 1. The van der Waals surface area contributed by atoms with Gasteiger partial charge in [-0.15, -0.1) is 0 Å². The number of halogens is 1. The second-order valence-electron chi connectivity index (χ2n) is 2.93. The minimum absolute atomic E-state index is 0.111. The van der Waals surface area contributed by atoms with Gasteiger partial charge in [-0.1, -0.05) is 12.1 Å². The summed E-state index contributed by atoms with van der Waals surface area (Å²) in [5, 5.41) is 8.97. The van der Waals surface area contributed by atoms with Crippen LogP contribution in [-0.4, -0.2) is 24.9 Å². The zero-order valence-electron chi connectivity index (χ0n) is 8.70. The van der Waals surface area contributed by atoms with Crippen LogP contribution in [0.3, 0.4) is 0 Å². The van der Waals surface area contributed by atoms with Crippen LogP contribution in [0, 0.1) is 5.82 Å². The van der Waals surface area contributed by atoms with Crippen LogP contribution in [0.2, 0.25) is 0 Å². The van der Waals surface area contributed by atoms with Gasteiger partial charge in [-0.25, -0.2) is 4.39 Å². The van der Waals surface area contributed by atoms with Gasteiger partial charge >= 0.3 is 0 Å². The summed E-state index contributed by atoms with van der Waals surface area (Å²) in [4.78, 5) is 0. The maximum Gasteiger partial charge on any atom is 0.165 e. The fourth-order valence-corrected chi connectivity index (χ4v) is 1.19. The van der Waals surface area contributed by atoms with Gasteiger partial charge in [0.2, 0.25) is 0 Å². The van der Waals surface area contributed by atoms with E-state index in [0.717, 1.165) is 0 Å². The van der Waals surface area contributed by atoms with E-state index in [1.807, 2.05) is 6.92 Å². The molecule has 0 aliphatic rings. The van der Waals surface area contributed by atoms with E-state index in [-0.39, 0.29) is 19.0 Å². The highest BCUT2D eigenvalue weighted by Gasteiger charge is 2.08. The molecule has 0 atom stereocenters. The highest BCUT2D eigenvalue weighted by atomic mass is 19.1. The lowest BCUT2D eigenvalue weighted by Gasteiger charge is -2.10. The van der Waals surface area contributed by atoms with Crippen molar-refractivity contribution < 1.29 is 19.0 Å². The molecule has 0 aromatic heterocycles. The van der Waals surface area contributed by atoms with Crippen LogP contribution >= 0.6 is 0 Å². The van der Waals surface area contributed by atoms with Gasteiger partial charge < -0.3 is 14.6 Å². The standard InChI is InChI=1S/C11H15FO3/c1-2-14-6-7-15-11-9(8-13)4-3-5-10(11)12/h3-5,13H,2,6-8H2,1H3. The minimum atomic E-state index is -0.460. The third-order valence-corrected chi connectivity index (χ3v) is 1.90. The third-order valence-electron chi connectivity index (χ3n) is 1.90. The van der Waals surface area contributed by atoms with Crippen molar-refractivity contribution in [3.63, 3.8) is 0 Å². The van der Waals surface area contributed by atoms with Crippen LogP contribution in [0.5, 0.6) is 5.75 Å². The molecule has 0 bridgehead atoms.